The summed E-state index contributed by atoms with van der Waals surface area (Å²) in [6.45, 7) is 0. The van der Waals surface area contributed by atoms with Gasteiger partial charge in [0.15, 0.2) is 0 Å². The first-order valence-corrected chi connectivity index (χ1v) is 4.72. The molecule has 0 saturated heterocycles. The molecule has 76 valence electrons. The van der Waals surface area contributed by atoms with Crippen LogP contribution in [-0.4, -0.2) is 15.0 Å². The largest absolute Gasteiger partial charge is 0.261 e. The lowest BCUT2D eigenvalue weighted by molar-refractivity contribution is 0.622. The fourth-order valence-corrected chi connectivity index (χ4v) is 1.50. The maximum absolute atomic E-state index is 12.9. The summed E-state index contributed by atoms with van der Waals surface area (Å²) in [4.78, 5) is 11.3. The smallest absolute Gasteiger partial charge is 0.224 e. The number of pyridine rings is 1. The monoisotopic (exact) mass is 243 g/mol. The molecule has 0 unspecified atom stereocenters. The van der Waals surface area contributed by atoms with Gasteiger partial charge in [-0.3, -0.25) is 4.98 Å². The van der Waals surface area contributed by atoms with Crippen molar-refractivity contribution < 1.29 is 4.39 Å². The Kier molecular flexibility index (Phi) is 2.79. The molecule has 0 aliphatic carbocycles. The zero-order valence-corrected chi connectivity index (χ0v) is 8.80. The van der Waals surface area contributed by atoms with E-state index in [2.05, 4.69) is 15.0 Å². The van der Waals surface area contributed by atoms with Gasteiger partial charge in [0.05, 0.1) is 11.9 Å². The summed E-state index contributed by atoms with van der Waals surface area (Å²) in [5.41, 5.74) is 0.938. The molecule has 15 heavy (non-hydrogen) atoms. The fourth-order valence-electron chi connectivity index (χ4n) is 1.09. The van der Waals surface area contributed by atoms with E-state index in [1.54, 1.807) is 0 Å². The minimum Gasteiger partial charge on any atom is -0.261 e. The molecule has 0 fully saturated rings. The first-order chi connectivity index (χ1) is 7.15. The van der Waals surface area contributed by atoms with E-state index in [0.717, 1.165) is 6.20 Å². The van der Waals surface area contributed by atoms with Crippen molar-refractivity contribution in [2.45, 2.75) is 0 Å². The molecule has 6 heteroatoms. The zero-order valence-electron chi connectivity index (χ0n) is 7.28. The zero-order chi connectivity index (χ0) is 10.8. The summed E-state index contributed by atoms with van der Waals surface area (Å²) >= 11 is 11.3. The summed E-state index contributed by atoms with van der Waals surface area (Å²) in [7, 11) is 0. The van der Waals surface area contributed by atoms with Gasteiger partial charge in [-0.05, 0) is 17.7 Å². The lowest BCUT2D eigenvalue weighted by atomic mass is 10.2. The number of aromatic nitrogens is 3. The van der Waals surface area contributed by atoms with Crippen LogP contribution in [0.3, 0.4) is 0 Å². The standard InChI is InChI=1S/C9H4Cl2FN3/c10-8-2-7(14-9(11)15-8)5-1-6(12)4-13-3-5/h1-4H. The molecule has 0 amide bonds. The SMILES string of the molecule is Fc1cncc(-c2cc(Cl)nc(Cl)n2)c1. The van der Waals surface area contributed by atoms with Gasteiger partial charge in [0.2, 0.25) is 5.28 Å². The van der Waals surface area contributed by atoms with Crippen LogP contribution in [0.4, 0.5) is 4.39 Å². The second-order valence-corrected chi connectivity index (χ2v) is 3.46. The van der Waals surface area contributed by atoms with Crippen LogP contribution >= 0.6 is 23.2 Å². The van der Waals surface area contributed by atoms with Crippen LogP contribution in [0, 0.1) is 5.82 Å². The third-order valence-electron chi connectivity index (χ3n) is 1.67. The Morgan fingerprint density at radius 3 is 2.53 bits per heavy atom. The molecule has 2 aromatic rings. The predicted molar refractivity (Wildman–Crippen MR) is 55.2 cm³/mol. The summed E-state index contributed by atoms with van der Waals surface area (Å²) in [6, 6.07) is 2.78. The molecule has 3 nitrogen and oxygen atoms in total. The second kappa shape index (κ2) is 4.08. The van der Waals surface area contributed by atoms with Crippen LogP contribution in [0.5, 0.6) is 0 Å². The quantitative estimate of drug-likeness (QED) is 0.571. The Hall–Kier alpha value is -1.26. The van der Waals surface area contributed by atoms with Gasteiger partial charge in [0.1, 0.15) is 11.0 Å². The molecule has 2 rings (SSSR count). The number of halogens is 3. The van der Waals surface area contributed by atoms with Gasteiger partial charge in [0.25, 0.3) is 0 Å². The van der Waals surface area contributed by atoms with Crippen molar-refractivity contribution in [3.8, 4) is 11.3 Å². The highest BCUT2D eigenvalue weighted by molar-refractivity contribution is 6.32. The van der Waals surface area contributed by atoms with Crippen LogP contribution < -0.4 is 0 Å². The summed E-state index contributed by atoms with van der Waals surface area (Å²) < 4.78 is 12.9. The minimum atomic E-state index is -0.446. The number of nitrogens with zero attached hydrogens (tertiary/aromatic N) is 3. The van der Waals surface area contributed by atoms with E-state index in [-0.39, 0.29) is 10.4 Å². The fraction of sp³-hybridized carbons (Fsp3) is 0. The number of hydrogen-bond donors (Lipinski definition) is 0. The van der Waals surface area contributed by atoms with Crippen molar-refractivity contribution in [2.75, 3.05) is 0 Å². The Labute approximate surface area is 94.9 Å². The van der Waals surface area contributed by atoms with E-state index in [1.165, 1.54) is 18.3 Å². The van der Waals surface area contributed by atoms with Crippen molar-refractivity contribution in [3.05, 3.63) is 40.8 Å². The maximum atomic E-state index is 12.9. The molecule has 2 heterocycles. The van der Waals surface area contributed by atoms with Gasteiger partial charge in [-0.25, -0.2) is 14.4 Å². The average Bonchev–Trinajstić information content (AvgIpc) is 2.16. The normalized spacial score (nSPS) is 10.3. The lowest BCUT2D eigenvalue weighted by Gasteiger charge is -2.00. The van der Waals surface area contributed by atoms with E-state index in [0.29, 0.717) is 11.3 Å². The molecule has 0 radical (unpaired) electrons. The maximum Gasteiger partial charge on any atom is 0.224 e. The lowest BCUT2D eigenvalue weighted by Crippen LogP contribution is -1.90. The Balaban J connectivity index is 2.54. The van der Waals surface area contributed by atoms with Crippen molar-refractivity contribution >= 4 is 23.2 Å². The van der Waals surface area contributed by atoms with E-state index in [9.17, 15) is 4.39 Å². The molecule has 0 N–H and O–H groups in total. The van der Waals surface area contributed by atoms with Gasteiger partial charge in [-0.15, -0.1) is 0 Å². The van der Waals surface area contributed by atoms with E-state index in [4.69, 9.17) is 23.2 Å². The molecule has 0 saturated carbocycles. The van der Waals surface area contributed by atoms with Crippen molar-refractivity contribution in [1.29, 1.82) is 0 Å². The van der Waals surface area contributed by atoms with Gasteiger partial charge in [0, 0.05) is 17.8 Å². The molecule has 2 aromatic heterocycles. The van der Waals surface area contributed by atoms with Gasteiger partial charge < -0.3 is 0 Å². The highest BCUT2D eigenvalue weighted by Gasteiger charge is 2.05. The van der Waals surface area contributed by atoms with Crippen molar-refractivity contribution in [1.82, 2.24) is 15.0 Å². The van der Waals surface area contributed by atoms with Gasteiger partial charge in [-0.1, -0.05) is 11.6 Å². The van der Waals surface area contributed by atoms with Crippen molar-refractivity contribution in [2.24, 2.45) is 0 Å². The molecule has 0 aliphatic heterocycles. The van der Waals surface area contributed by atoms with Crippen LogP contribution in [-0.2, 0) is 0 Å². The first-order valence-electron chi connectivity index (χ1n) is 3.96. The van der Waals surface area contributed by atoms with Gasteiger partial charge >= 0.3 is 0 Å². The summed E-state index contributed by atoms with van der Waals surface area (Å²) in [6.07, 6.45) is 2.58. The summed E-state index contributed by atoms with van der Waals surface area (Å²) in [5, 5.41) is 0.219. The van der Waals surface area contributed by atoms with Crippen LogP contribution in [0.15, 0.2) is 24.5 Å². The van der Waals surface area contributed by atoms with Crippen LogP contribution in [0.1, 0.15) is 0 Å². The second-order valence-electron chi connectivity index (χ2n) is 2.74. The third kappa shape index (κ3) is 2.40. The Morgan fingerprint density at radius 2 is 1.87 bits per heavy atom. The number of hydrogen-bond acceptors (Lipinski definition) is 3. The molecule has 0 aliphatic rings. The Morgan fingerprint density at radius 1 is 1.07 bits per heavy atom. The molecule has 0 spiro atoms. The number of rotatable bonds is 1. The molecular weight excluding hydrogens is 240 g/mol. The summed E-state index contributed by atoms with van der Waals surface area (Å²) in [5.74, 6) is -0.446. The average molecular weight is 244 g/mol. The highest BCUT2D eigenvalue weighted by atomic mass is 35.5. The Bertz CT molecular complexity index is 484. The van der Waals surface area contributed by atoms with E-state index in [1.807, 2.05) is 0 Å². The van der Waals surface area contributed by atoms with E-state index < -0.39 is 5.82 Å². The highest BCUT2D eigenvalue weighted by Crippen LogP contribution is 2.21. The third-order valence-corrected chi connectivity index (χ3v) is 2.03. The van der Waals surface area contributed by atoms with Crippen molar-refractivity contribution in [3.63, 3.8) is 0 Å². The van der Waals surface area contributed by atoms with Gasteiger partial charge in [-0.2, -0.15) is 0 Å². The topological polar surface area (TPSA) is 38.7 Å². The molecular formula is C9H4Cl2FN3. The molecule has 0 bridgehead atoms. The molecule has 0 aromatic carbocycles. The first kappa shape index (κ1) is 10.3. The van der Waals surface area contributed by atoms with Crippen LogP contribution in [0.2, 0.25) is 10.4 Å². The minimum absolute atomic E-state index is 0.0155. The van der Waals surface area contributed by atoms with Crippen LogP contribution in [0.25, 0.3) is 11.3 Å². The molecule has 0 atom stereocenters. The predicted octanol–water partition coefficient (Wildman–Crippen LogP) is 2.98. The van der Waals surface area contributed by atoms with E-state index >= 15 is 0 Å².